The third kappa shape index (κ3) is 3.86. The molecule has 17 heavy (non-hydrogen) atoms. The highest BCUT2D eigenvalue weighted by molar-refractivity contribution is 5.75. The first-order chi connectivity index (χ1) is 7.91. The zero-order valence-electron chi connectivity index (χ0n) is 10.6. The molecule has 0 fully saturated rings. The van der Waals surface area contributed by atoms with Crippen molar-refractivity contribution in [3.05, 3.63) is 35.4 Å². The Morgan fingerprint density at radius 1 is 1.12 bits per heavy atom. The fourth-order valence-corrected chi connectivity index (χ4v) is 1.73. The Balaban J connectivity index is 2.77. The molecule has 1 aromatic carbocycles. The highest BCUT2D eigenvalue weighted by Gasteiger charge is 2.14. The van der Waals surface area contributed by atoms with Crippen molar-refractivity contribution >= 4 is 5.97 Å². The summed E-state index contributed by atoms with van der Waals surface area (Å²) in [6.07, 6.45) is 0.248. The Bertz CT molecular complexity index is 368. The molecule has 0 saturated carbocycles. The maximum Gasteiger partial charge on any atom is 0.310 e. The summed E-state index contributed by atoms with van der Waals surface area (Å²) in [4.78, 5) is 10.8. The number of carboxylic acids is 1. The molecule has 0 amide bonds. The van der Waals surface area contributed by atoms with E-state index in [4.69, 9.17) is 5.11 Å². The summed E-state index contributed by atoms with van der Waals surface area (Å²) in [7, 11) is 0. The average Bonchev–Trinajstić information content (AvgIpc) is 2.27. The predicted molar refractivity (Wildman–Crippen MR) is 66.9 cm³/mol. The van der Waals surface area contributed by atoms with Crippen LogP contribution in [0.4, 0.5) is 0 Å². The van der Waals surface area contributed by atoms with Crippen LogP contribution in [0, 0.1) is 5.92 Å². The second-order valence-corrected chi connectivity index (χ2v) is 4.87. The van der Waals surface area contributed by atoms with Gasteiger partial charge < -0.3 is 10.2 Å². The highest BCUT2D eigenvalue weighted by atomic mass is 16.4. The minimum Gasteiger partial charge on any atom is -0.481 e. The molecule has 1 aromatic rings. The summed E-state index contributed by atoms with van der Waals surface area (Å²) in [6.45, 7) is 5.77. The van der Waals surface area contributed by atoms with E-state index in [0.29, 0.717) is 12.3 Å². The van der Waals surface area contributed by atoms with Gasteiger partial charge in [0.2, 0.25) is 0 Å². The molecule has 2 atom stereocenters. The van der Waals surface area contributed by atoms with Crippen LogP contribution in [0.2, 0.25) is 0 Å². The van der Waals surface area contributed by atoms with Crippen LogP contribution in [0.1, 0.15) is 50.3 Å². The van der Waals surface area contributed by atoms with Gasteiger partial charge in [-0.1, -0.05) is 38.1 Å². The van der Waals surface area contributed by atoms with Crippen LogP contribution in [0.3, 0.4) is 0 Å². The van der Waals surface area contributed by atoms with E-state index in [-0.39, 0.29) is 0 Å². The van der Waals surface area contributed by atoms with Gasteiger partial charge in [0.25, 0.3) is 0 Å². The Kier molecular flexibility index (Phi) is 4.70. The van der Waals surface area contributed by atoms with Crippen molar-refractivity contribution in [1.29, 1.82) is 0 Å². The van der Waals surface area contributed by atoms with Gasteiger partial charge in [-0.2, -0.15) is 0 Å². The third-order valence-electron chi connectivity index (χ3n) is 2.89. The quantitative estimate of drug-likeness (QED) is 0.826. The largest absolute Gasteiger partial charge is 0.481 e. The van der Waals surface area contributed by atoms with Crippen molar-refractivity contribution < 1.29 is 15.0 Å². The van der Waals surface area contributed by atoms with Crippen LogP contribution in [-0.4, -0.2) is 16.2 Å². The standard InChI is InChI=1S/C14H20O3/c1-9(2)8-13(15)12-6-4-11(5-7-12)10(3)14(16)17/h4-7,9-10,13,15H,8H2,1-3H3,(H,16,17). The minimum atomic E-state index is -0.833. The zero-order valence-corrected chi connectivity index (χ0v) is 10.6. The van der Waals surface area contributed by atoms with Crippen LogP contribution in [0.15, 0.2) is 24.3 Å². The SMILES string of the molecule is CC(C)CC(O)c1ccc(C(C)C(=O)O)cc1. The molecule has 0 radical (unpaired) electrons. The van der Waals surface area contributed by atoms with Gasteiger partial charge in [-0.25, -0.2) is 0 Å². The summed E-state index contributed by atoms with van der Waals surface area (Å²) < 4.78 is 0. The molecule has 0 aliphatic rings. The Labute approximate surface area is 102 Å². The summed E-state index contributed by atoms with van der Waals surface area (Å²) in [5.41, 5.74) is 1.61. The Hall–Kier alpha value is -1.35. The second-order valence-electron chi connectivity index (χ2n) is 4.87. The van der Waals surface area contributed by atoms with E-state index < -0.39 is 18.0 Å². The van der Waals surface area contributed by atoms with Crippen molar-refractivity contribution in [3.8, 4) is 0 Å². The van der Waals surface area contributed by atoms with E-state index in [1.165, 1.54) is 0 Å². The zero-order chi connectivity index (χ0) is 13.0. The summed E-state index contributed by atoms with van der Waals surface area (Å²) in [5, 5.41) is 18.8. The molecule has 0 aliphatic carbocycles. The number of aliphatic hydroxyl groups is 1. The molecule has 2 unspecified atom stereocenters. The number of hydrogen-bond acceptors (Lipinski definition) is 2. The molecule has 1 rings (SSSR count). The lowest BCUT2D eigenvalue weighted by molar-refractivity contribution is -0.138. The molecular formula is C14H20O3. The van der Waals surface area contributed by atoms with Gasteiger partial charge >= 0.3 is 5.97 Å². The minimum absolute atomic E-state index is 0.433. The van der Waals surface area contributed by atoms with Crippen molar-refractivity contribution in [2.24, 2.45) is 5.92 Å². The van der Waals surface area contributed by atoms with Crippen molar-refractivity contribution in [2.45, 2.75) is 39.2 Å². The molecule has 3 nitrogen and oxygen atoms in total. The topological polar surface area (TPSA) is 57.5 Å². The third-order valence-corrected chi connectivity index (χ3v) is 2.89. The normalized spacial score (nSPS) is 14.6. The molecular weight excluding hydrogens is 216 g/mol. The van der Waals surface area contributed by atoms with E-state index in [0.717, 1.165) is 11.1 Å². The first-order valence-electron chi connectivity index (χ1n) is 5.92. The van der Waals surface area contributed by atoms with E-state index in [1.54, 1.807) is 19.1 Å². The van der Waals surface area contributed by atoms with Gasteiger partial charge in [0, 0.05) is 0 Å². The maximum absolute atomic E-state index is 10.8. The molecule has 2 N–H and O–H groups in total. The lowest BCUT2D eigenvalue weighted by Gasteiger charge is -2.14. The monoisotopic (exact) mass is 236 g/mol. The van der Waals surface area contributed by atoms with Crippen LogP contribution >= 0.6 is 0 Å². The summed E-state index contributed by atoms with van der Waals surface area (Å²) >= 11 is 0. The van der Waals surface area contributed by atoms with Crippen molar-refractivity contribution in [3.63, 3.8) is 0 Å². The van der Waals surface area contributed by atoms with E-state index in [9.17, 15) is 9.90 Å². The number of carbonyl (C=O) groups is 1. The summed E-state index contributed by atoms with van der Waals surface area (Å²) in [5.74, 6) is -0.908. The number of carboxylic acid groups (broad SMARTS) is 1. The maximum atomic E-state index is 10.8. The lowest BCUT2D eigenvalue weighted by atomic mass is 9.95. The van der Waals surface area contributed by atoms with E-state index in [2.05, 4.69) is 13.8 Å². The van der Waals surface area contributed by atoms with Crippen LogP contribution < -0.4 is 0 Å². The van der Waals surface area contributed by atoms with E-state index >= 15 is 0 Å². The second kappa shape index (κ2) is 5.82. The van der Waals surface area contributed by atoms with Gasteiger partial charge in [-0.15, -0.1) is 0 Å². The molecule has 0 heterocycles. The number of aliphatic carboxylic acids is 1. The summed E-state index contributed by atoms with van der Waals surface area (Å²) in [6, 6.07) is 7.17. The first-order valence-corrected chi connectivity index (χ1v) is 5.92. The number of hydrogen-bond donors (Lipinski definition) is 2. The molecule has 0 saturated heterocycles. The van der Waals surface area contributed by atoms with Crippen LogP contribution in [0.5, 0.6) is 0 Å². The van der Waals surface area contributed by atoms with Crippen molar-refractivity contribution in [1.82, 2.24) is 0 Å². The van der Waals surface area contributed by atoms with Gasteiger partial charge in [0.05, 0.1) is 12.0 Å². The molecule has 0 aromatic heterocycles. The van der Waals surface area contributed by atoms with Gasteiger partial charge in [-0.3, -0.25) is 4.79 Å². The van der Waals surface area contributed by atoms with Gasteiger partial charge in [-0.05, 0) is 30.4 Å². The fraction of sp³-hybridized carbons (Fsp3) is 0.500. The lowest BCUT2D eigenvalue weighted by Crippen LogP contribution is -2.08. The average molecular weight is 236 g/mol. The van der Waals surface area contributed by atoms with E-state index in [1.807, 2.05) is 12.1 Å². The number of aliphatic hydroxyl groups excluding tert-OH is 1. The first kappa shape index (κ1) is 13.7. The molecule has 0 aliphatic heterocycles. The Morgan fingerprint density at radius 3 is 2.00 bits per heavy atom. The highest BCUT2D eigenvalue weighted by Crippen LogP contribution is 2.23. The smallest absolute Gasteiger partial charge is 0.310 e. The van der Waals surface area contributed by atoms with Gasteiger partial charge in [0.15, 0.2) is 0 Å². The number of benzene rings is 1. The fourth-order valence-electron chi connectivity index (χ4n) is 1.73. The molecule has 0 bridgehead atoms. The molecule has 3 heteroatoms. The van der Waals surface area contributed by atoms with Crippen molar-refractivity contribution in [2.75, 3.05) is 0 Å². The van der Waals surface area contributed by atoms with Crippen LogP contribution in [-0.2, 0) is 4.79 Å². The Morgan fingerprint density at radius 2 is 1.59 bits per heavy atom. The molecule has 94 valence electrons. The molecule has 0 spiro atoms. The van der Waals surface area contributed by atoms with Gasteiger partial charge in [0.1, 0.15) is 0 Å². The number of rotatable bonds is 5. The van der Waals surface area contributed by atoms with Crippen LogP contribution in [0.25, 0.3) is 0 Å². The predicted octanol–water partition coefficient (Wildman–Crippen LogP) is 2.95.